The average molecular weight is 381 g/mol. The second-order valence-electron chi connectivity index (χ2n) is 6.97. The molecule has 0 radical (unpaired) electrons. The van der Waals surface area contributed by atoms with E-state index < -0.39 is 0 Å². The van der Waals surface area contributed by atoms with Crippen LogP contribution in [0.1, 0.15) is 13.3 Å². The summed E-state index contributed by atoms with van der Waals surface area (Å²) >= 11 is 1.70. The number of thiophene rings is 1. The lowest BCUT2D eigenvalue weighted by atomic mass is 10.0. The number of ether oxygens (including phenoxy) is 1. The largest absolute Gasteiger partial charge is 0.488 e. The van der Waals surface area contributed by atoms with Crippen molar-refractivity contribution in [3.05, 3.63) is 36.8 Å². The maximum absolute atomic E-state index is 11.5. The molecule has 0 aliphatic carbocycles. The molecular formula is C19H19N5O2S. The number of carbonyl (C=O) groups is 1. The summed E-state index contributed by atoms with van der Waals surface area (Å²) in [6.45, 7) is 2.69. The Morgan fingerprint density at radius 2 is 2.22 bits per heavy atom. The zero-order valence-electron chi connectivity index (χ0n) is 15.0. The fourth-order valence-corrected chi connectivity index (χ4v) is 4.60. The molecule has 1 aliphatic heterocycles. The van der Waals surface area contributed by atoms with Crippen LogP contribution < -0.4 is 10.1 Å². The van der Waals surface area contributed by atoms with Crippen molar-refractivity contribution in [2.75, 3.05) is 6.54 Å². The molecule has 0 spiro atoms. The molecule has 1 aliphatic rings. The minimum Gasteiger partial charge on any atom is -0.488 e. The molecule has 138 valence electrons. The van der Waals surface area contributed by atoms with Crippen molar-refractivity contribution >= 4 is 33.0 Å². The summed E-state index contributed by atoms with van der Waals surface area (Å²) in [5.41, 5.74) is 3.09. The number of rotatable bonds is 4. The summed E-state index contributed by atoms with van der Waals surface area (Å²) in [7, 11) is 1.95. The molecule has 1 fully saturated rings. The molecule has 4 aromatic heterocycles. The Labute approximate surface area is 159 Å². The van der Waals surface area contributed by atoms with Crippen molar-refractivity contribution in [1.29, 1.82) is 0 Å². The third-order valence-electron chi connectivity index (χ3n) is 5.18. The molecule has 1 amide bonds. The summed E-state index contributed by atoms with van der Waals surface area (Å²) < 4.78 is 11.2. The molecular weight excluding hydrogens is 362 g/mol. The minimum absolute atomic E-state index is 0.0653. The van der Waals surface area contributed by atoms with Gasteiger partial charge in [-0.25, -0.2) is 4.52 Å². The maximum atomic E-state index is 11.5. The number of hydrogen-bond acceptors (Lipinski definition) is 5. The van der Waals surface area contributed by atoms with Gasteiger partial charge in [0.25, 0.3) is 0 Å². The second kappa shape index (κ2) is 6.09. The first kappa shape index (κ1) is 16.3. The van der Waals surface area contributed by atoms with E-state index in [1.807, 2.05) is 41.6 Å². The van der Waals surface area contributed by atoms with E-state index in [4.69, 9.17) is 4.74 Å². The molecule has 0 aromatic carbocycles. The minimum atomic E-state index is -0.0653. The van der Waals surface area contributed by atoms with Gasteiger partial charge in [-0.3, -0.25) is 9.48 Å². The first-order valence-corrected chi connectivity index (χ1v) is 9.73. The van der Waals surface area contributed by atoms with Crippen LogP contribution >= 0.6 is 11.3 Å². The fraction of sp³-hybridized carbons (Fsp3) is 0.316. The molecule has 5 heterocycles. The van der Waals surface area contributed by atoms with Crippen LogP contribution in [0.4, 0.5) is 0 Å². The zero-order chi connectivity index (χ0) is 18.5. The smallest absolute Gasteiger partial charge is 0.220 e. The number of hydrogen-bond donors (Lipinski definition) is 1. The Kier molecular flexibility index (Phi) is 3.68. The van der Waals surface area contributed by atoms with Crippen molar-refractivity contribution in [3.8, 4) is 16.2 Å². The molecule has 7 nitrogen and oxygen atoms in total. The summed E-state index contributed by atoms with van der Waals surface area (Å²) in [6, 6.07) is 6.15. The molecule has 5 rings (SSSR count). The van der Waals surface area contributed by atoms with Crippen LogP contribution in [0, 0.1) is 5.92 Å². The molecule has 0 bridgehead atoms. The SMILES string of the molecule is C[C@@H](Oc1cc(-c2cc3c(cnn3C)s2)cn2nccc12)[C@H]1CNC(=O)C1. The van der Waals surface area contributed by atoms with Gasteiger partial charge in [0.1, 0.15) is 17.4 Å². The van der Waals surface area contributed by atoms with E-state index in [1.165, 1.54) is 0 Å². The average Bonchev–Trinajstić information content (AvgIpc) is 3.40. The Morgan fingerprint density at radius 1 is 1.33 bits per heavy atom. The van der Waals surface area contributed by atoms with Crippen LogP contribution in [0.15, 0.2) is 36.8 Å². The molecule has 0 saturated carbocycles. The normalized spacial score (nSPS) is 18.3. The number of amides is 1. The molecule has 0 unspecified atom stereocenters. The van der Waals surface area contributed by atoms with Crippen molar-refractivity contribution in [1.82, 2.24) is 24.7 Å². The quantitative estimate of drug-likeness (QED) is 0.590. The predicted molar refractivity (Wildman–Crippen MR) is 104 cm³/mol. The summed E-state index contributed by atoms with van der Waals surface area (Å²) in [5, 5.41) is 11.6. The lowest BCUT2D eigenvalue weighted by Gasteiger charge is -2.20. The van der Waals surface area contributed by atoms with Gasteiger partial charge < -0.3 is 10.1 Å². The number of carbonyl (C=O) groups excluding carboxylic acids is 1. The van der Waals surface area contributed by atoms with Gasteiger partial charge in [-0.2, -0.15) is 10.2 Å². The third-order valence-corrected chi connectivity index (χ3v) is 6.29. The maximum Gasteiger partial charge on any atom is 0.220 e. The summed E-state index contributed by atoms with van der Waals surface area (Å²) in [6.07, 6.45) is 6.13. The Bertz CT molecular complexity index is 1160. The molecule has 27 heavy (non-hydrogen) atoms. The lowest BCUT2D eigenvalue weighted by Crippen LogP contribution is -2.25. The number of fused-ring (bicyclic) bond motifs is 2. The van der Waals surface area contributed by atoms with Crippen LogP contribution in [-0.4, -0.2) is 38.0 Å². The first-order chi connectivity index (χ1) is 13.1. The van der Waals surface area contributed by atoms with E-state index in [9.17, 15) is 4.79 Å². The predicted octanol–water partition coefficient (Wildman–Crippen LogP) is 2.85. The fourth-order valence-electron chi connectivity index (χ4n) is 3.57. The van der Waals surface area contributed by atoms with E-state index in [0.717, 1.165) is 31.9 Å². The van der Waals surface area contributed by atoms with Crippen molar-refractivity contribution in [3.63, 3.8) is 0 Å². The summed E-state index contributed by atoms with van der Waals surface area (Å²) in [4.78, 5) is 12.7. The molecule has 8 heteroatoms. The number of aryl methyl sites for hydroxylation is 1. The standard InChI is InChI=1S/C19H19N5O2S/c1-11(12-6-19(25)20-8-12)26-16-5-13(10-24-14(16)3-4-21-24)17-7-15-18(27-17)9-22-23(15)2/h3-5,7,9-12H,6,8H2,1-2H3,(H,20,25)/t11-,12-/m1/s1. The Morgan fingerprint density at radius 3 is 3.00 bits per heavy atom. The van der Waals surface area contributed by atoms with Crippen LogP contribution in [0.3, 0.4) is 0 Å². The lowest BCUT2D eigenvalue weighted by molar-refractivity contribution is -0.119. The van der Waals surface area contributed by atoms with Crippen LogP contribution in [-0.2, 0) is 11.8 Å². The van der Waals surface area contributed by atoms with Gasteiger partial charge in [-0.15, -0.1) is 11.3 Å². The molecule has 1 N–H and O–H groups in total. The monoisotopic (exact) mass is 381 g/mol. The van der Waals surface area contributed by atoms with Crippen LogP contribution in [0.2, 0.25) is 0 Å². The summed E-state index contributed by atoms with van der Waals surface area (Å²) in [5.74, 6) is 1.06. The Balaban J connectivity index is 1.53. The van der Waals surface area contributed by atoms with Gasteiger partial charge in [0, 0.05) is 42.6 Å². The van der Waals surface area contributed by atoms with E-state index in [0.29, 0.717) is 13.0 Å². The van der Waals surface area contributed by atoms with E-state index in [-0.39, 0.29) is 17.9 Å². The van der Waals surface area contributed by atoms with Gasteiger partial charge >= 0.3 is 0 Å². The highest BCUT2D eigenvalue weighted by atomic mass is 32.1. The van der Waals surface area contributed by atoms with Crippen molar-refractivity contribution in [2.24, 2.45) is 13.0 Å². The van der Waals surface area contributed by atoms with Gasteiger partial charge in [0.2, 0.25) is 5.91 Å². The van der Waals surface area contributed by atoms with Gasteiger partial charge in [0.15, 0.2) is 0 Å². The van der Waals surface area contributed by atoms with Crippen molar-refractivity contribution < 1.29 is 9.53 Å². The molecule has 2 atom stereocenters. The van der Waals surface area contributed by atoms with Gasteiger partial charge in [-0.1, -0.05) is 0 Å². The van der Waals surface area contributed by atoms with E-state index >= 15 is 0 Å². The number of nitrogens with one attached hydrogen (secondary N) is 1. The highest BCUT2D eigenvalue weighted by Crippen LogP contribution is 2.36. The highest BCUT2D eigenvalue weighted by Gasteiger charge is 2.28. The first-order valence-electron chi connectivity index (χ1n) is 8.91. The topological polar surface area (TPSA) is 73.5 Å². The zero-order valence-corrected chi connectivity index (χ0v) is 15.9. The number of aromatic nitrogens is 4. The van der Waals surface area contributed by atoms with Gasteiger partial charge in [-0.05, 0) is 25.1 Å². The van der Waals surface area contributed by atoms with E-state index in [1.54, 1.807) is 17.5 Å². The third kappa shape index (κ3) is 2.76. The number of nitrogens with zero attached hydrogens (tertiary/aromatic N) is 4. The molecule has 1 saturated heterocycles. The van der Waals surface area contributed by atoms with Crippen LogP contribution in [0.25, 0.3) is 26.2 Å². The number of pyridine rings is 1. The van der Waals surface area contributed by atoms with E-state index in [2.05, 4.69) is 27.6 Å². The van der Waals surface area contributed by atoms with Crippen molar-refractivity contribution in [2.45, 2.75) is 19.4 Å². The Hall–Kier alpha value is -2.87. The highest BCUT2D eigenvalue weighted by molar-refractivity contribution is 7.22. The molecule has 4 aromatic rings. The second-order valence-corrected chi connectivity index (χ2v) is 8.06. The van der Waals surface area contributed by atoms with Gasteiger partial charge in [0.05, 0.1) is 22.6 Å². The van der Waals surface area contributed by atoms with Crippen LogP contribution in [0.5, 0.6) is 5.75 Å².